The molecule has 0 spiro atoms. The number of aromatic nitrogens is 2. The molecule has 1 aromatic carbocycles. The molecule has 3 heterocycles. The molecule has 3 aliphatic rings. The van der Waals surface area contributed by atoms with Crippen LogP contribution in [-0.2, 0) is 11.3 Å². The highest BCUT2D eigenvalue weighted by molar-refractivity contribution is 7.99. The van der Waals surface area contributed by atoms with Gasteiger partial charge in [-0.25, -0.2) is 9.97 Å². The van der Waals surface area contributed by atoms with Crippen LogP contribution in [0.1, 0.15) is 38.2 Å². The number of hydrogen-bond donors (Lipinski definition) is 1. The molecule has 1 aliphatic carbocycles. The van der Waals surface area contributed by atoms with Crippen LogP contribution in [0.3, 0.4) is 0 Å². The smallest absolute Gasteiger partial charge is 0.163 e. The summed E-state index contributed by atoms with van der Waals surface area (Å²) in [6, 6.07) is 6.77. The van der Waals surface area contributed by atoms with Crippen LogP contribution in [0, 0.1) is 11.8 Å². The lowest BCUT2D eigenvalue weighted by Crippen LogP contribution is -2.60. The molecule has 28 heavy (non-hydrogen) atoms. The molecule has 1 saturated carbocycles. The minimum absolute atomic E-state index is 0.102. The first-order chi connectivity index (χ1) is 13.7. The highest BCUT2D eigenvalue weighted by Gasteiger charge is 2.50. The summed E-state index contributed by atoms with van der Waals surface area (Å²) in [5.74, 6) is 2.17. The molecule has 1 saturated heterocycles. The van der Waals surface area contributed by atoms with E-state index in [0.717, 1.165) is 42.6 Å². The van der Waals surface area contributed by atoms with Crippen LogP contribution in [0.15, 0.2) is 40.5 Å². The molecule has 2 atom stereocenters. The van der Waals surface area contributed by atoms with Crippen LogP contribution >= 0.6 is 11.8 Å². The van der Waals surface area contributed by atoms with Crippen molar-refractivity contribution in [2.24, 2.45) is 11.8 Å². The summed E-state index contributed by atoms with van der Waals surface area (Å²) in [5.41, 5.74) is 2.61. The monoisotopic (exact) mass is 396 g/mol. The van der Waals surface area contributed by atoms with Crippen LogP contribution in [0.4, 0.5) is 11.5 Å². The highest BCUT2D eigenvalue weighted by Crippen LogP contribution is 2.47. The van der Waals surface area contributed by atoms with E-state index in [1.807, 2.05) is 7.11 Å². The topological polar surface area (TPSA) is 50.3 Å². The first-order valence-electron chi connectivity index (χ1n) is 10.4. The number of anilines is 2. The summed E-state index contributed by atoms with van der Waals surface area (Å²) in [4.78, 5) is 12.7. The standard InChI is InChI=1S/C22H28N4OS/c1-3-22(27-2)16-5-4-6-17(22)14-26(13-16)12-15-7-8-19-18(11-15)25-20-21(28-19)24-10-9-23-20/h7-11,16-17H,3-6,12-14H2,1-2H3,(H,23,25). The Kier molecular flexibility index (Phi) is 4.81. The van der Waals surface area contributed by atoms with Gasteiger partial charge in [0.1, 0.15) is 5.03 Å². The van der Waals surface area contributed by atoms with Gasteiger partial charge in [-0.3, -0.25) is 4.90 Å². The van der Waals surface area contributed by atoms with Crippen molar-refractivity contribution in [2.45, 2.75) is 54.7 Å². The molecule has 5 rings (SSSR count). The lowest BCUT2D eigenvalue weighted by molar-refractivity contribution is -0.164. The highest BCUT2D eigenvalue weighted by atomic mass is 32.2. The van der Waals surface area contributed by atoms with E-state index in [1.165, 1.54) is 29.7 Å². The molecule has 0 amide bonds. The van der Waals surface area contributed by atoms with E-state index in [4.69, 9.17) is 4.74 Å². The molecule has 2 aromatic rings. The number of ether oxygens (including phenoxy) is 1. The van der Waals surface area contributed by atoms with Gasteiger partial charge in [-0.2, -0.15) is 0 Å². The lowest BCUT2D eigenvalue weighted by Gasteiger charge is -2.55. The first kappa shape index (κ1) is 18.4. The Morgan fingerprint density at radius 3 is 2.75 bits per heavy atom. The fourth-order valence-corrected chi connectivity index (χ4v) is 6.52. The van der Waals surface area contributed by atoms with Gasteiger partial charge in [-0.1, -0.05) is 31.2 Å². The van der Waals surface area contributed by atoms with Crippen LogP contribution in [0.2, 0.25) is 0 Å². The van der Waals surface area contributed by atoms with Crippen molar-refractivity contribution in [1.82, 2.24) is 14.9 Å². The van der Waals surface area contributed by atoms with Gasteiger partial charge in [-0.05, 0) is 37.0 Å². The molecular weight excluding hydrogens is 368 g/mol. The van der Waals surface area contributed by atoms with Crippen molar-refractivity contribution in [2.75, 3.05) is 25.5 Å². The second kappa shape index (κ2) is 7.32. The molecule has 1 N–H and O–H groups in total. The Labute approximate surface area is 171 Å². The van der Waals surface area contributed by atoms with Crippen molar-refractivity contribution < 1.29 is 4.74 Å². The quantitative estimate of drug-likeness (QED) is 0.689. The molecule has 0 radical (unpaired) electrons. The lowest BCUT2D eigenvalue weighted by atomic mass is 9.64. The Morgan fingerprint density at radius 2 is 2.00 bits per heavy atom. The van der Waals surface area contributed by atoms with Crippen LogP contribution in [0.25, 0.3) is 0 Å². The van der Waals surface area contributed by atoms with E-state index in [0.29, 0.717) is 11.8 Å². The van der Waals surface area contributed by atoms with Crippen LogP contribution < -0.4 is 5.32 Å². The van der Waals surface area contributed by atoms with E-state index in [-0.39, 0.29) is 5.60 Å². The molecule has 1 aromatic heterocycles. The third kappa shape index (κ3) is 3.02. The maximum absolute atomic E-state index is 6.15. The number of hydrogen-bond acceptors (Lipinski definition) is 6. The minimum atomic E-state index is 0.102. The van der Waals surface area contributed by atoms with Crippen LogP contribution in [-0.4, -0.2) is 40.7 Å². The molecule has 2 aliphatic heterocycles. The molecule has 5 nitrogen and oxygen atoms in total. The minimum Gasteiger partial charge on any atom is -0.378 e. The van der Waals surface area contributed by atoms with E-state index in [1.54, 1.807) is 24.2 Å². The number of nitrogens with zero attached hydrogens (tertiary/aromatic N) is 3. The summed E-state index contributed by atoms with van der Waals surface area (Å²) in [7, 11) is 1.93. The van der Waals surface area contributed by atoms with Gasteiger partial charge < -0.3 is 10.1 Å². The van der Waals surface area contributed by atoms with Gasteiger partial charge in [0.25, 0.3) is 0 Å². The van der Waals surface area contributed by atoms with Crippen LogP contribution in [0.5, 0.6) is 0 Å². The van der Waals surface area contributed by atoms with Crippen molar-refractivity contribution >= 4 is 23.3 Å². The Hall–Kier alpha value is -1.63. The van der Waals surface area contributed by atoms with E-state index < -0.39 is 0 Å². The normalized spacial score (nSPS) is 28.9. The van der Waals surface area contributed by atoms with Gasteiger partial charge in [0.15, 0.2) is 5.82 Å². The number of rotatable bonds is 4. The molecule has 2 bridgehead atoms. The molecular formula is C22H28N4OS. The summed E-state index contributed by atoms with van der Waals surface area (Å²) in [6.45, 7) is 5.60. The Balaban J connectivity index is 1.33. The third-order valence-electron chi connectivity index (χ3n) is 6.95. The average Bonchev–Trinajstić information content (AvgIpc) is 2.71. The molecule has 148 valence electrons. The second-order valence-electron chi connectivity index (χ2n) is 8.30. The number of methoxy groups -OCH3 is 1. The zero-order valence-electron chi connectivity index (χ0n) is 16.6. The maximum Gasteiger partial charge on any atom is 0.163 e. The average molecular weight is 397 g/mol. The van der Waals surface area contributed by atoms with Gasteiger partial charge in [0, 0.05) is 55.9 Å². The van der Waals surface area contributed by atoms with Crippen molar-refractivity contribution in [3.63, 3.8) is 0 Å². The summed E-state index contributed by atoms with van der Waals surface area (Å²) in [6.07, 6.45) is 8.57. The fourth-order valence-electron chi connectivity index (χ4n) is 5.64. The van der Waals surface area contributed by atoms with Crippen molar-refractivity contribution in [3.8, 4) is 0 Å². The number of likely N-dealkylation sites (tertiary alicyclic amines) is 1. The zero-order chi connectivity index (χ0) is 19.1. The van der Waals surface area contributed by atoms with E-state index in [2.05, 4.69) is 45.3 Å². The third-order valence-corrected chi connectivity index (χ3v) is 8.02. The predicted molar refractivity (Wildman–Crippen MR) is 112 cm³/mol. The fraction of sp³-hybridized carbons (Fsp3) is 0.545. The summed E-state index contributed by atoms with van der Waals surface area (Å²) in [5, 5.41) is 4.40. The summed E-state index contributed by atoms with van der Waals surface area (Å²) < 4.78 is 6.15. The number of nitrogens with one attached hydrogen (secondary N) is 1. The van der Waals surface area contributed by atoms with Gasteiger partial charge >= 0.3 is 0 Å². The Bertz CT molecular complexity index is 853. The number of piperidine rings is 1. The van der Waals surface area contributed by atoms with E-state index >= 15 is 0 Å². The van der Waals surface area contributed by atoms with Crippen molar-refractivity contribution in [1.29, 1.82) is 0 Å². The van der Waals surface area contributed by atoms with Gasteiger partial charge in [-0.15, -0.1) is 0 Å². The second-order valence-corrected chi connectivity index (χ2v) is 9.33. The predicted octanol–water partition coefficient (Wildman–Crippen LogP) is 4.71. The van der Waals surface area contributed by atoms with Gasteiger partial charge in [0.2, 0.25) is 0 Å². The van der Waals surface area contributed by atoms with E-state index in [9.17, 15) is 0 Å². The SMILES string of the molecule is CCC1(OC)C2CCCC1CN(Cc1ccc3c(c1)Nc1nccnc1S3)C2. The largest absolute Gasteiger partial charge is 0.378 e. The zero-order valence-corrected chi connectivity index (χ0v) is 17.5. The first-order valence-corrected chi connectivity index (χ1v) is 11.2. The Morgan fingerprint density at radius 1 is 1.21 bits per heavy atom. The number of fused-ring (bicyclic) bond motifs is 4. The number of benzene rings is 1. The molecule has 2 fully saturated rings. The molecule has 6 heteroatoms. The van der Waals surface area contributed by atoms with Crippen molar-refractivity contribution in [3.05, 3.63) is 36.2 Å². The van der Waals surface area contributed by atoms with Gasteiger partial charge in [0.05, 0.1) is 11.3 Å². The maximum atomic E-state index is 6.15. The summed E-state index contributed by atoms with van der Waals surface area (Å²) >= 11 is 1.69. The molecule has 2 unspecified atom stereocenters.